The van der Waals surface area contributed by atoms with Crippen molar-refractivity contribution in [3.05, 3.63) is 5.70 Å². The molecule has 5 nitrogen and oxygen atoms in total. The second-order valence-electron chi connectivity index (χ2n) is 5.26. The highest BCUT2D eigenvalue weighted by Gasteiger charge is 2.36. The normalized spacial score (nSPS) is 31.1. The summed E-state index contributed by atoms with van der Waals surface area (Å²) >= 11 is 0. The number of nitrogens with zero attached hydrogens (tertiary/aromatic N) is 3. The summed E-state index contributed by atoms with van der Waals surface area (Å²) in [5.41, 5.74) is 6.08. The molecule has 3 heterocycles. The number of hydrogen-bond acceptors (Lipinski definition) is 4. The SMILES string of the molecule is NC1=C=NCCC(N2CCN3C(=O)CC[C@@H]3C2)C#C1. The first-order valence-electron chi connectivity index (χ1n) is 6.84. The quantitative estimate of drug-likeness (QED) is 0.650. The van der Waals surface area contributed by atoms with Crippen molar-refractivity contribution in [2.75, 3.05) is 26.2 Å². The average molecular weight is 258 g/mol. The van der Waals surface area contributed by atoms with Crippen LogP contribution in [0.25, 0.3) is 0 Å². The van der Waals surface area contributed by atoms with Gasteiger partial charge in [-0.15, -0.1) is 0 Å². The van der Waals surface area contributed by atoms with Crippen LogP contribution in [0.5, 0.6) is 0 Å². The number of carbonyl (C=O) groups is 1. The fourth-order valence-corrected chi connectivity index (χ4v) is 3.03. The van der Waals surface area contributed by atoms with Gasteiger partial charge in [-0.3, -0.25) is 9.69 Å². The van der Waals surface area contributed by atoms with Crippen LogP contribution in [0.15, 0.2) is 10.7 Å². The lowest BCUT2D eigenvalue weighted by Gasteiger charge is -2.40. The average Bonchev–Trinajstić information content (AvgIpc) is 2.76. The lowest BCUT2D eigenvalue weighted by Crippen LogP contribution is -2.54. The molecule has 2 fully saturated rings. The Balaban J connectivity index is 1.69. The number of hydrogen-bond donors (Lipinski definition) is 1. The van der Waals surface area contributed by atoms with Crippen molar-refractivity contribution in [2.45, 2.75) is 31.3 Å². The molecule has 2 N–H and O–H groups in total. The lowest BCUT2D eigenvalue weighted by atomic mass is 10.1. The number of fused-ring (bicyclic) bond motifs is 1. The summed E-state index contributed by atoms with van der Waals surface area (Å²) in [4.78, 5) is 20.2. The summed E-state index contributed by atoms with van der Waals surface area (Å²) in [7, 11) is 0. The maximum atomic E-state index is 11.7. The zero-order chi connectivity index (χ0) is 13.2. The molecule has 0 aromatic rings. The highest BCUT2D eigenvalue weighted by molar-refractivity contribution is 5.79. The van der Waals surface area contributed by atoms with Gasteiger partial charge in [0.2, 0.25) is 5.91 Å². The van der Waals surface area contributed by atoms with Gasteiger partial charge in [0.15, 0.2) is 0 Å². The van der Waals surface area contributed by atoms with Gasteiger partial charge >= 0.3 is 0 Å². The molecule has 2 atom stereocenters. The van der Waals surface area contributed by atoms with Crippen LogP contribution in [-0.2, 0) is 4.79 Å². The van der Waals surface area contributed by atoms with E-state index in [0.29, 0.717) is 30.6 Å². The fourth-order valence-electron chi connectivity index (χ4n) is 3.03. The van der Waals surface area contributed by atoms with E-state index in [4.69, 9.17) is 5.73 Å². The monoisotopic (exact) mass is 258 g/mol. The summed E-state index contributed by atoms with van der Waals surface area (Å²) in [5.74, 6) is 9.17. The molecule has 0 aromatic heterocycles. The topological polar surface area (TPSA) is 61.9 Å². The second-order valence-corrected chi connectivity index (χ2v) is 5.26. The van der Waals surface area contributed by atoms with Crippen LogP contribution >= 0.6 is 0 Å². The van der Waals surface area contributed by atoms with Crippen molar-refractivity contribution >= 4 is 11.8 Å². The molecule has 3 aliphatic rings. The minimum absolute atomic E-state index is 0.197. The Morgan fingerprint density at radius 1 is 1.32 bits per heavy atom. The summed E-state index contributed by atoms with van der Waals surface area (Å²) < 4.78 is 0. The van der Waals surface area contributed by atoms with Crippen LogP contribution < -0.4 is 5.73 Å². The second kappa shape index (κ2) is 5.08. The Kier molecular flexibility index (Phi) is 3.29. The third-order valence-electron chi connectivity index (χ3n) is 4.05. The van der Waals surface area contributed by atoms with Crippen LogP contribution in [0, 0.1) is 11.8 Å². The number of carbonyl (C=O) groups excluding carboxylic acids is 1. The van der Waals surface area contributed by atoms with Gasteiger partial charge in [-0.2, -0.15) is 0 Å². The Hall–Kier alpha value is -1.76. The van der Waals surface area contributed by atoms with E-state index in [1.807, 2.05) is 4.90 Å². The smallest absolute Gasteiger partial charge is 0.222 e. The van der Waals surface area contributed by atoms with E-state index < -0.39 is 0 Å². The van der Waals surface area contributed by atoms with Gasteiger partial charge in [0.1, 0.15) is 5.70 Å². The summed E-state index contributed by atoms with van der Waals surface area (Å²) in [6.45, 7) is 3.37. The van der Waals surface area contributed by atoms with Gasteiger partial charge in [0.25, 0.3) is 0 Å². The number of piperazine rings is 1. The maximum absolute atomic E-state index is 11.7. The third-order valence-corrected chi connectivity index (χ3v) is 4.05. The molecule has 0 saturated carbocycles. The Morgan fingerprint density at radius 2 is 2.21 bits per heavy atom. The zero-order valence-electron chi connectivity index (χ0n) is 10.9. The van der Waals surface area contributed by atoms with Crippen molar-refractivity contribution in [1.29, 1.82) is 0 Å². The molecule has 3 aliphatic heterocycles. The molecule has 0 radical (unpaired) electrons. The first-order valence-corrected chi connectivity index (χ1v) is 6.84. The Labute approximate surface area is 113 Å². The van der Waals surface area contributed by atoms with Crippen molar-refractivity contribution in [3.63, 3.8) is 0 Å². The Bertz CT molecular complexity index is 509. The number of rotatable bonds is 1. The van der Waals surface area contributed by atoms with Crippen molar-refractivity contribution in [1.82, 2.24) is 9.80 Å². The van der Waals surface area contributed by atoms with Gasteiger partial charge in [-0.25, -0.2) is 4.99 Å². The van der Waals surface area contributed by atoms with Gasteiger partial charge in [0.05, 0.1) is 12.6 Å². The molecule has 1 unspecified atom stereocenters. The maximum Gasteiger partial charge on any atom is 0.222 e. The van der Waals surface area contributed by atoms with Crippen LogP contribution in [0.2, 0.25) is 0 Å². The van der Waals surface area contributed by atoms with Gasteiger partial charge in [-0.05, 0) is 18.8 Å². The first-order chi connectivity index (χ1) is 9.24. The van der Waals surface area contributed by atoms with E-state index >= 15 is 0 Å². The van der Waals surface area contributed by atoms with E-state index in [1.165, 1.54) is 0 Å². The number of aliphatic imine (C=N–C) groups is 1. The Morgan fingerprint density at radius 3 is 3.11 bits per heavy atom. The lowest BCUT2D eigenvalue weighted by molar-refractivity contribution is -0.130. The number of amides is 1. The zero-order valence-corrected chi connectivity index (χ0v) is 10.9. The van der Waals surface area contributed by atoms with Crippen LogP contribution in [0.3, 0.4) is 0 Å². The molecule has 100 valence electrons. The molecule has 0 spiro atoms. The minimum atomic E-state index is 0.197. The first kappa shape index (κ1) is 12.3. The van der Waals surface area contributed by atoms with E-state index in [2.05, 4.69) is 27.6 Å². The largest absolute Gasteiger partial charge is 0.384 e. The molecular formula is C14H18N4O. The van der Waals surface area contributed by atoms with Crippen LogP contribution in [0.1, 0.15) is 19.3 Å². The molecule has 3 rings (SSSR count). The fraction of sp³-hybridized carbons (Fsp3) is 0.643. The van der Waals surface area contributed by atoms with E-state index in [9.17, 15) is 4.79 Å². The minimum Gasteiger partial charge on any atom is -0.384 e. The highest BCUT2D eigenvalue weighted by Crippen LogP contribution is 2.24. The van der Waals surface area contributed by atoms with Gasteiger partial charge < -0.3 is 10.6 Å². The van der Waals surface area contributed by atoms with Crippen molar-refractivity contribution in [3.8, 4) is 11.8 Å². The van der Waals surface area contributed by atoms with Crippen LogP contribution in [0.4, 0.5) is 0 Å². The molecule has 5 heteroatoms. The van der Waals surface area contributed by atoms with Crippen molar-refractivity contribution in [2.24, 2.45) is 10.7 Å². The van der Waals surface area contributed by atoms with Gasteiger partial charge in [-0.1, -0.05) is 5.92 Å². The molecule has 19 heavy (non-hydrogen) atoms. The molecule has 2 saturated heterocycles. The summed E-state index contributed by atoms with van der Waals surface area (Å²) in [6.07, 6.45) is 2.60. The third kappa shape index (κ3) is 2.51. The van der Waals surface area contributed by atoms with Crippen molar-refractivity contribution < 1.29 is 4.79 Å². The number of nitrogens with two attached hydrogens (primary N) is 1. The van der Waals surface area contributed by atoms with E-state index in [1.54, 1.807) is 0 Å². The molecule has 0 aromatic carbocycles. The molecule has 1 amide bonds. The predicted molar refractivity (Wildman–Crippen MR) is 72.5 cm³/mol. The molecular weight excluding hydrogens is 240 g/mol. The standard InChI is InChI=1S/C14H18N4O/c15-11-1-2-12(5-6-16-9-11)17-7-8-18-13(10-17)3-4-14(18)19/h12-13H,3-8,10,15H2/t12?,13-/m1/s1. The molecule has 0 bridgehead atoms. The summed E-state index contributed by atoms with van der Waals surface area (Å²) in [5, 5.41) is 0. The molecule has 0 aliphatic carbocycles. The van der Waals surface area contributed by atoms with E-state index in [-0.39, 0.29) is 6.04 Å². The highest BCUT2D eigenvalue weighted by atomic mass is 16.2. The number of allylic oxidation sites excluding steroid dienone is 1. The van der Waals surface area contributed by atoms with Gasteiger partial charge in [0, 0.05) is 38.0 Å². The van der Waals surface area contributed by atoms with Crippen LogP contribution in [-0.4, -0.2) is 59.8 Å². The predicted octanol–water partition coefficient (Wildman–Crippen LogP) is -0.419. The summed E-state index contributed by atoms with van der Waals surface area (Å²) in [6, 6.07) is 0.576. The van der Waals surface area contributed by atoms with E-state index in [0.717, 1.165) is 32.5 Å².